The van der Waals surface area contributed by atoms with E-state index in [2.05, 4.69) is 21.4 Å². The topological polar surface area (TPSA) is 65.2 Å². The number of aromatic nitrogens is 4. The average molecular weight is 394 g/mol. The van der Waals surface area contributed by atoms with E-state index < -0.39 is 0 Å². The van der Waals surface area contributed by atoms with Crippen LogP contribution in [0.25, 0.3) is 22.3 Å². The van der Waals surface area contributed by atoms with Gasteiger partial charge in [-0.3, -0.25) is 0 Å². The quantitative estimate of drug-likeness (QED) is 0.441. The lowest BCUT2D eigenvalue weighted by Crippen LogP contribution is -1.94. The van der Waals surface area contributed by atoms with E-state index in [0.717, 1.165) is 32.8 Å². The largest absolute Gasteiger partial charge is 0.497 e. The molecule has 0 bridgehead atoms. The molecule has 0 N–H and O–H groups in total. The highest BCUT2D eigenvalue weighted by molar-refractivity contribution is 7.99. The Bertz CT molecular complexity index is 1200. The summed E-state index contributed by atoms with van der Waals surface area (Å²) in [6, 6.07) is 15.3. The fraction of sp³-hybridized carbons (Fsp3) is 0.0526. The molecule has 3 heterocycles. The number of benzene rings is 2. The molecule has 0 saturated carbocycles. The smallest absolute Gasteiger partial charge is 0.218 e. The van der Waals surface area contributed by atoms with E-state index in [1.807, 2.05) is 42.5 Å². The predicted molar refractivity (Wildman–Crippen MR) is 106 cm³/mol. The van der Waals surface area contributed by atoms with E-state index >= 15 is 0 Å². The fourth-order valence-corrected chi connectivity index (χ4v) is 3.85. The molecule has 0 spiro atoms. The molecular formula is C19H12ClN5OS. The van der Waals surface area contributed by atoms with E-state index in [-0.39, 0.29) is 0 Å². The molecule has 2 aromatic heterocycles. The maximum atomic E-state index is 5.98. The molecule has 6 nitrogen and oxygen atoms in total. The monoisotopic (exact) mass is 393 g/mol. The van der Waals surface area contributed by atoms with Gasteiger partial charge in [-0.1, -0.05) is 11.6 Å². The number of pyridine rings is 1. The Kier molecular flexibility index (Phi) is 3.84. The molecule has 0 unspecified atom stereocenters. The van der Waals surface area contributed by atoms with Crippen LogP contribution in [0.3, 0.4) is 0 Å². The first-order valence-electron chi connectivity index (χ1n) is 8.13. The summed E-state index contributed by atoms with van der Waals surface area (Å²) in [6.07, 6.45) is 1.79. The molecule has 1 aliphatic rings. The number of halogens is 1. The summed E-state index contributed by atoms with van der Waals surface area (Å²) < 4.78 is 7.03. The Morgan fingerprint density at radius 1 is 1.04 bits per heavy atom. The van der Waals surface area contributed by atoms with Crippen LogP contribution in [0.1, 0.15) is 5.56 Å². The Balaban J connectivity index is 1.61. The Labute approximate surface area is 163 Å². The molecule has 0 saturated heterocycles. The normalized spacial score (nSPS) is 12.5. The van der Waals surface area contributed by atoms with Crippen molar-refractivity contribution in [1.82, 2.24) is 19.9 Å². The van der Waals surface area contributed by atoms with Gasteiger partial charge in [0, 0.05) is 21.5 Å². The Morgan fingerprint density at radius 3 is 2.70 bits per heavy atom. The molecule has 27 heavy (non-hydrogen) atoms. The van der Waals surface area contributed by atoms with Crippen LogP contribution in [-0.4, -0.2) is 33.2 Å². The first-order valence-corrected chi connectivity index (χ1v) is 9.33. The highest BCUT2D eigenvalue weighted by Gasteiger charge is 2.20. The molecular weight excluding hydrogens is 382 g/mol. The highest BCUT2D eigenvalue weighted by Crippen LogP contribution is 2.34. The average Bonchev–Trinajstić information content (AvgIpc) is 3.00. The number of ether oxygens (including phenoxy) is 1. The second kappa shape index (κ2) is 6.37. The van der Waals surface area contributed by atoms with Gasteiger partial charge in [-0.15, -0.1) is 10.2 Å². The van der Waals surface area contributed by atoms with Gasteiger partial charge in [0.05, 0.1) is 18.8 Å². The molecule has 0 radical (unpaired) electrons. The minimum atomic E-state index is 0.657. The zero-order chi connectivity index (χ0) is 18.4. The summed E-state index contributed by atoms with van der Waals surface area (Å²) in [5, 5.41) is 16.3. The van der Waals surface area contributed by atoms with Gasteiger partial charge in [0.1, 0.15) is 10.8 Å². The molecule has 4 aromatic rings. The lowest BCUT2D eigenvalue weighted by atomic mass is 10.1. The summed E-state index contributed by atoms with van der Waals surface area (Å²) in [6.45, 7) is 0. The van der Waals surface area contributed by atoms with Gasteiger partial charge in [0.15, 0.2) is 5.82 Å². The van der Waals surface area contributed by atoms with Crippen molar-refractivity contribution in [3.63, 3.8) is 0 Å². The number of hydrogen-bond donors (Lipinski definition) is 0. The maximum Gasteiger partial charge on any atom is 0.218 e. The van der Waals surface area contributed by atoms with Crippen LogP contribution in [-0.2, 0) is 0 Å². The van der Waals surface area contributed by atoms with Crippen molar-refractivity contribution in [2.75, 3.05) is 7.11 Å². The Morgan fingerprint density at radius 2 is 1.89 bits per heavy atom. The maximum absolute atomic E-state index is 5.98. The second-order valence-electron chi connectivity index (χ2n) is 5.91. The molecule has 132 valence electrons. The molecule has 2 aromatic carbocycles. The molecule has 5 rings (SSSR count). The van der Waals surface area contributed by atoms with Crippen molar-refractivity contribution < 1.29 is 4.74 Å². The zero-order valence-electron chi connectivity index (χ0n) is 14.1. The summed E-state index contributed by atoms with van der Waals surface area (Å²) in [5.74, 6) is 1.45. The summed E-state index contributed by atoms with van der Waals surface area (Å²) in [4.78, 5) is 4.76. The minimum absolute atomic E-state index is 0.657. The summed E-state index contributed by atoms with van der Waals surface area (Å²) in [7, 11) is 1.65. The van der Waals surface area contributed by atoms with Crippen LogP contribution in [0.2, 0.25) is 5.02 Å². The van der Waals surface area contributed by atoms with Crippen LogP contribution in [0, 0.1) is 0 Å². The van der Waals surface area contributed by atoms with Crippen LogP contribution in [0.4, 0.5) is 0 Å². The first-order chi connectivity index (χ1) is 13.2. The number of hydrogen-bond acceptors (Lipinski definition) is 6. The molecule has 1 aliphatic heterocycles. The summed E-state index contributed by atoms with van der Waals surface area (Å²) >= 11 is 7.43. The van der Waals surface area contributed by atoms with E-state index in [4.69, 9.17) is 21.3 Å². The van der Waals surface area contributed by atoms with Gasteiger partial charge in [-0.25, -0.2) is 4.98 Å². The van der Waals surface area contributed by atoms with Crippen LogP contribution < -0.4 is 4.74 Å². The van der Waals surface area contributed by atoms with Crippen LogP contribution in [0.5, 0.6) is 5.75 Å². The second-order valence-corrected chi connectivity index (χ2v) is 7.31. The van der Waals surface area contributed by atoms with Gasteiger partial charge in [-0.2, -0.15) is 9.78 Å². The van der Waals surface area contributed by atoms with Crippen LogP contribution in [0.15, 0.2) is 63.8 Å². The third-order valence-electron chi connectivity index (χ3n) is 4.23. The van der Waals surface area contributed by atoms with Gasteiger partial charge >= 0.3 is 0 Å². The SMILES string of the molecule is COc1ccc2nc3c(cc2c1)C=Nn1c(nnc1-c1ccc(Cl)cc1)S3. The third-order valence-corrected chi connectivity index (χ3v) is 5.44. The zero-order valence-corrected chi connectivity index (χ0v) is 15.7. The summed E-state index contributed by atoms with van der Waals surface area (Å²) in [5.41, 5.74) is 2.71. The van der Waals surface area contributed by atoms with Crippen molar-refractivity contribution in [2.45, 2.75) is 10.2 Å². The van der Waals surface area contributed by atoms with Crippen LogP contribution >= 0.6 is 23.4 Å². The van der Waals surface area contributed by atoms with E-state index in [0.29, 0.717) is 16.0 Å². The number of methoxy groups -OCH3 is 1. The van der Waals surface area contributed by atoms with Gasteiger partial charge in [-0.05, 0) is 60.3 Å². The van der Waals surface area contributed by atoms with E-state index in [9.17, 15) is 0 Å². The Hall–Kier alpha value is -2.90. The molecule has 0 fully saturated rings. The first kappa shape index (κ1) is 16.3. The molecule has 0 aliphatic carbocycles. The molecule has 0 atom stereocenters. The van der Waals surface area contributed by atoms with Crippen molar-refractivity contribution in [3.8, 4) is 17.1 Å². The minimum Gasteiger partial charge on any atom is -0.497 e. The van der Waals surface area contributed by atoms with Gasteiger partial charge < -0.3 is 4.74 Å². The van der Waals surface area contributed by atoms with Gasteiger partial charge in [0.25, 0.3) is 0 Å². The van der Waals surface area contributed by atoms with E-state index in [1.54, 1.807) is 18.0 Å². The van der Waals surface area contributed by atoms with E-state index in [1.165, 1.54) is 11.8 Å². The lowest BCUT2D eigenvalue weighted by molar-refractivity contribution is 0.415. The standard InChI is InChI=1S/C19H12ClN5OS/c1-26-15-6-7-16-12(9-15)8-13-10-21-25-17(11-2-4-14(20)5-3-11)23-24-19(25)27-18(13)22-16/h2-10H,1H3. The number of fused-ring (bicyclic) bond motifs is 3. The molecule has 0 amide bonds. The van der Waals surface area contributed by atoms with Gasteiger partial charge in [0.2, 0.25) is 5.16 Å². The highest BCUT2D eigenvalue weighted by atomic mass is 35.5. The fourth-order valence-electron chi connectivity index (χ4n) is 2.87. The third kappa shape index (κ3) is 2.85. The predicted octanol–water partition coefficient (Wildman–Crippen LogP) is 4.50. The molecule has 8 heteroatoms. The van der Waals surface area contributed by atoms with Crippen molar-refractivity contribution >= 4 is 40.5 Å². The lowest BCUT2D eigenvalue weighted by Gasteiger charge is -2.06. The van der Waals surface area contributed by atoms with Crippen molar-refractivity contribution in [1.29, 1.82) is 0 Å². The van der Waals surface area contributed by atoms with Crippen molar-refractivity contribution in [2.24, 2.45) is 5.10 Å². The number of nitrogens with zero attached hydrogens (tertiary/aromatic N) is 5. The van der Waals surface area contributed by atoms with Crippen molar-refractivity contribution in [3.05, 3.63) is 59.1 Å². The number of rotatable bonds is 2.